The second kappa shape index (κ2) is 8.72. The fourth-order valence-electron chi connectivity index (χ4n) is 3.57. The zero-order chi connectivity index (χ0) is 21.1. The highest BCUT2D eigenvalue weighted by molar-refractivity contribution is 6.36. The second-order valence-electron chi connectivity index (χ2n) is 7.14. The summed E-state index contributed by atoms with van der Waals surface area (Å²) in [7, 11) is 0. The van der Waals surface area contributed by atoms with Crippen LogP contribution < -0.4 is 9.64 Å². The van der Waals surface area contributed by atoms with Gasteiger partial charge in [-0.1, -0.05) is 54.9 Å². The van der Waals surface area contributed by atoms with Crippen molar-refractivity contribution in [3.8, 4) is 5.75 Å². The van der Waals surface area contributed by atoms with Crippen LogP contribution in [0, 0.1) is 5.82 Å². The van der Waals surface area contributed by atoms with E-state index >= 15 is 0 Å². The Hall–Kier alpha value is -3.11. The van der Waals surface area contributed by atoms with Gasteiger partial charge in [0.2, 0.25) is 0 Å². The highest BCUT2D eigenvalue weighted by Crippen LogP contribution is 2.38. The molecule has 0 spiro atoms. The first kappa shape index (κ1) is 20.2. The van der Waals surface area contributed by atoms with E-state index in [9.17, 15) is 9.18 Å². The number of anilines is 1. The van der Waals surface area contributed by atoms with E-state index in [1.807, 2.05) is 41.3 Å². The molecule has 0 N–H and O–H groups in total. The van der Waals surface area contributed by atoms with Crippen LogP contribution in [-0.4, -0.2) is 12.5 Å². The average molecular weight is 422 g/mol. The summed E-state index contributed by atoms with van der Waals surface area (Å²) < 4.78 is 19.0. The van der Waals surface area contributed by atoms with Crippen LogP contribution in [0.3, 0.4) is 0 Å². The van der Waals surface area contributed by atoms with Gasteiger partial charge in [-0.05, 0) is 54.0 Å². The molecular weight excluding hydrogens is 401 g/mol. The fourth-order valence-corrected chi connectivity index (χ4v) is 3.81. The lowest BCUT2D eigenvalue weighted by Crippen LogP contribution is -2.26. The number of halogens is 2. The molecule has 0 unspecified atom stereocenters. The monoisotopic (exact) mass is 421 g/mol. The Morgan fingerprint density at radius 3 is 2.67 bits per heavy atom. The summed E-state index contributed by atoms with van der Waals surface area (Å²) in [4.78, 5) is 14.8. The molecule has 1 amide bonds. The van der Waals surface area contributed by atoms with Crippen molar-refractivity contribution in [1.82, 2.24) is 0 Å². The van der Waals surface area contributed by atoms with Crippen molar-refractivity contribution < 1.29 is 13.9 Å². The number of rotatable bonds is 6. The third kappa shape index (κ3) is 4.10. The number of ether oxygens (including phenoxy) is 1. The summed E-state index contributed by atoms with van der Waals surface area (Å²) in [5.74, 6) is 0.206. The molecule has 0 aliphatic carbocycles. The number of para-hydroxylation sites is 1. The zero-order valence-electron chi connectivity index (χ0n) is 16.6. The third-order valence-electron chi connectivity index (χ3n) is 4.96. The molecule has 5 heteroatoms. The first-order valence-corrected chi connectivity index (χ1v) is 10.2. The minimum Gasteiger partial charge on any atom is -0.487 e. The highest BCUT2D eigenvalue weighted by Gasteiger charge is 2.31. The Labute approximate surface area is 180 Å². The molecule has 0 fully saturated rings. The lowest BCUT2D eigenvalue weighted by Gasteiger charge is -2.15. The molecule has 3 aromatic rings. The van der Waals surface area contributed by atoms with E-state index in [0.29, 0.717) is 22.9 Å². The van der Waals surface area contributed by atoms with Gasteiger partial charge in [-0.25, -0.2) is 4.39 Å². The molecule has 3 nitrogen and oxygen atoms in total. The number of hydrogen-bond donors (Lipinski definition) is 0. The standard InChI is InChI=1S/C25H21ClFNO2/c1-2-12-28-23-9-4-3-8-20(23)21(25(28)29)14-17-10-11-24(22(26)15-17)30-16-18-6-5-7-19(27)13-18/h3-11,13-15H,2,12,16H2,1H3/b21-14-. The van der Waals surface area contributed by atoms with Crippen LogP contribution in [0.2, 0.25) is 5.02 Å². The molecule has 0 bridgehead atoms. The van der Waals surface area contributed by atoms with E-state index in [1.165, 1.54) is 12.1 Å². The molecule has 3 aromatic carbocycles. The van der Waals surface area contributed by atoms with Gasteiger partial charge >= 0.3 is 0 Å². The Morgan fingerprint density at radius 1 is 1.07 bits per heavy atom. The summed E-state index contributed by atoms with van der Waals surface area (Å²) in [5.41, 5.74) is 4.06. The Balaban J connectivity index is 1.57. The normalized spacial score (nSPS) is 14.3. The van der Waals surface area contributed by atoms with Crippen molar-refractivity contribution >= 4 is 34.8 Å². The van der Waals surface area contributed by atoms with E-state index in [1.54, 1.807) is 24.3 Å². The van der Waals surface area contributed by atoms with Crippen LogP contribution in [0.25, 0.3) is 11.6 Å². The van der Waals surface area contributed by atoms with E-state index in [4.69, 9.17) is 16.3 Å². The van der Waals surface area contributed by atoms with Gasteiger partial charge in [0.15, 0.2) is 0 Å². The minimum atomic E-state index is -0.303. The SMILES string of the molecule is CCCN1C(=O)/C(=C\c2ccc(OCc3cccc(F)c3)c(Cl)c2)c2ccccc21. The lowest BCUT2D eigenvalue weighted by atomic mass is 10.0. The molecule has 0 atom stereocenters. The highest BCUT2D eigenvalue weighted by atomic mass is 35.5. The fraction of sp³-hybridized carbons (Fsp3) is 0.160. The van der Waals surface area contributed by atoms with Gasteiger partial charge in [0.25, 0.3) is 5.91 Å². The lowest BCUT2D eigenvalue weighted by molar-refractivity contribution is -0.113. The van der Waals surface area contributed by atoms with Gasteiger partial charge in [-0.2, -0.15) is 0 Å². The summed E-state index contributed by atoms with van der Waals surface area (Å²) >= 11 is 6.40. The smallest absolute Gasteiger partial charge is 0.258 e. The zero-order valence-corrected chi connectivity index (χ0v) is 17.3. The molecule has 0 radical (unpaired) electrons. The van der Waals surface area contributed by atoms with Crippen LogP contribution >= 0.6 is 11.6 Å². The van der Waals surface area contributed by atoms with Gasteiger partial charge in [0.05, 0.1) is 10.7 Å². The first-order chi connectivity index (χ1) is 14.6. The van der Waals surface area contributed by atoms with E-state index in [-0.39, 0.29) is 18.3 Å². The number of nitrogens with zero attached hydrogens (tertiary/aromatic N) is 1. The molecule has 1 aliphatic heterocycles. The van der Waals surface area contributed by atoms with Gasteiger partial charge < -0.3 is 9.64 Å². The second-order valence-corrected chi connectivity index (χ2v) is 7.55. The molecule has 1 heterocycles. The van der Waals surface area contributed by atoms with E-state index < -0.39 is 0 Å². The predicted molar refractivity (Wildman–Crippen MR) is 119 cm³/mol. The Morgan fingerprint density at radius 2 is 1.90 bits per heavy atom. The van der Waals surface area contributed by atoms with Gasteiger partial charge in [0.1, 0.15) is 18.2 Å². The van der Waals surface area contributed by atoms with Crippen molar-refractivity contribution in [2.45, 2.75) is 20.0 Å². The summed E-state index contributed by atoms with van der Waals surface area (Å²) in [6.07, 6.45) is 2.75. The molecule has 0 saturated carbocycles. The molecule has 152 valence electrons. The Kier molecular flexibility index (Phi) is 5.86. The molecule has 0 aromatic heterocycles. The molecular formula is C25H21ClFNO2. The van der Waals surface area contributed by atoms with Crippen molar-refractivity contribution in [3.05, 3.63) is 94.3 Å². The van der Waals surface area contributed by atoms with Crippen LogP contribution in [-0.2, 0) is 11.4 Å². The average Bonchev–Trinajstić information content (AvgIpc) is 3.00. The van der Waals surface area contributed by atoms with Crippen molar-refractivity contribution in [2.24, 2.45) is 0 Å². The number of benzene rings is 3. The van der Waals surface area contributed by atoms with Gasteiger partial charge in [0, 0.05) is 17.7 Å². The largest absolute Gasteiger partial charge is 0.487 e. The summed E-state index contributed by atoms with van der Waals surface area (Å²) in [5, 5.41) is 0.435. The maximum atomic E-state index is 13.3. The number of hydrogen-bond acceptors (Lipinski definition) is 2. The van der Waals surface area contributed by atoms with Crippen molar-refractivity contribution in [1.29, 1.82) is 0 Å². The molecule has 4 rings (SSSR count). The number of carbonyl (C=O) groups is 1. The quantitative estimate of drug-likeness (QED) is 0.433. The Bertz CT molecular complexity index is 1130. The van der Waals surface area contributed by atoms with E-state index in [0.717, 1.165) is 28.8 Å². The van der Waals surface area contributed by atoms with Crippen molar-refractivity contribution in [3.63, 3.8) is 0 Å². The third-order valence-corrected chi connectivity index (χ3v) is 5.25. The van der Waals surface area contributed by atoms with Gasteiger partial charge in [-0.15, -0.1) is 0 Å². The molecule has 30 heavy (non-hydrogen) atoms. The minimum absolute atomic E-state index is 0.000559. The number of carbonyl (C=O) groups excluding carboxylic acids is 1. The van der Waals surface area contributed by atoms with Crippen molar-refractivity contribution in [2.75, 3.05) is 11.4 Å². The topological polar surface area (TPSA) is 29.5 Å². The summed E-state index contributed by atoms with van der Waals surface area (Å²) in [6, 6.07) is 19.5. The summed E-state index contributed by atoms with van der Waals surface area (Å²) in [6.45, 7) is 2.95. The van der Waals surface area contributed by atoms with Crippen LogP contribution in [0.4, 0.5) is 10.1 Å². The molecule has 1 aliphatic rings. The predicted octanol–water partition coefficient (Wildman–Crippen LogP) is 6.36. The number of fused-ring (bicyclic) bond motifs is 1. The number of amides is 1. The maximum absolute atomic E-state index is 13.3. The van der Waals surface area contributed by atoms with Gasteiger partial charge in [-0.3, -0.25) is 4.79 Å². The molecule has 0 saturated heterocycles. The maximum Gasteiger partial charge on any atom is 0.258 e. The van der Waals surface area contributed by atoms with Crippen LogP contribution in [0.1, 0.15) is 30.0 Å². The van der Waals surface area contributed by atoms with Crippen LogP contribution in [0.5, 0.6) is 5.75 Å². The first-order valence-electron chi connectivity index (χ1n) is 9.86. The van der Waals surface area contributed by atoms with E-state index in [2.05, 4.69) is 6.92 Å². The van der Waals surface area contributed by atoms with Crippen LogP contribution in [0.15, 0.2) is 66.7 Å².